The van der Waals surface area contributed by atoms with Crippen LogP contribution in [0.4, 0.5) is 0 Å². The van der Waals surface area contributed by atoms with E-state index in [0.29, 0.717) is 0 Å². The Hall–Kier alpha value is -6.16. The molecule has 2 aliphatic heterocycles. The molecular formula is C52H42N4Zn. The Bertz CT molecular complexity index is 2850. The van der Waals surface area contributed by atoms with Crippen molar-refractivity contribution in [3.8, 4) is 44.5 Å². The zero-order valence-electron chi connectivity index (χ0n) is 33.2. The van der Waals surface area contributed by atoms with E-state index >= 15 is 0 Å². The summed E-state index contributed by atoms with van der Waals surface area (Å²) in [6.07, 6.45) is 11.3. The molecule has 0 saturated carbocycles. The summed E-state index contributed by atoms with van der Waals surface area (Å²) in [5.41, 5.74) is 22.4. The van der Waals surface area contributed by atoms with Crippen LogP contribution in [-0.4, -0.2) is 9.97 Å². The number of fused-ring (bicyclic) bond motifs is 8. The van der Waals surface area contributed by atoms with Crippen molar-refractivity contribution < 1.29 is 19.5 Å². The SMILES string of the molecule is C=CCc1ccc(-c2c3nc(c(-c4ccc(C)cc4)c4ccc([n-]4)c(-c4c(C)cc(C)cc4C)c4nc(c(-c5ccc(C)cc5)c5ccc2[n-]5)C=C4)C=C3)cc1.[Zn+2]. The van der Waals surface area contributed by atoms with E-state index in [9.17, 15) is 0 Å². The fourth-order valence-electron chi connectivity index (χ4n) is 8.22. The summed E-state index contributed by atoms with van der Waals surface area (Å²) in [4.78, 5) is 21.8. The monoisotopic (exact) mass is 786 g/mol. The Morgan fingerprint density at radius 1 is 0.439 bits per heavy atom. The standard InChI is InChI=1S/C52H42N4.Zn/c1-7-8-36-13-19-39(20-14-36)51-42-23-21-40(53-42)49(37-15-9-31(2)10-16-37)44-25-27-46(55-44)52(48-34(5)29-33(4)30-35(48)6)47-28-26-45(56-47)50(41-22-24-43(51)54-41)38-17-11-32(3)12-18-38;/h7,9-30H,1,8H2,2-6H3;/q-2;+2. The van der Waals surface area contributed by atoms with Crippen LogP contribution in [0.15, 0.2) is 122 Å². The average molecular weight is 788 g/mol. The van der Waals surface area contributed by atoms with Crippen LogP contribution in [-0.2, 0) is 25.9 Å². The Morgan fingerprint density at radius 3 is 1.18 bits per heavy atom. The zero-order chi connectivity index (χ0) is 38.5. The van der Waals surface area contributed by atoms with Gasteiger partial charge in [-0.15, -0.1) is 28.6 Å². The van der Waals surface area contributed by atoms with Crippen LogP contribution in [0.2, 0.25) is 0 Å². The number of rotatable bonds is 6. The molecule has 4 nitrogen and oxygen atoms in total. The van der Waals surface area contributed by atoms with E-state index in [-0.39, 0.29) is 19.5 Å². The van der Waals surface area contributed by atoms with Gasteiger partial charge in [-0.05, 0) is 127 Å². The molecule has 0 atom stereocenters. The van der Waals surface area contributed by atoms with Crippen LogP contribution >= 0.6 is 0 Å². The molecule has 0 amide bonds. The summed E-state index contributed by atoms with van der Waals surface area (Å²) < 4.78 is 0. The third-order valence-corrected chi connectivity index (χ3v) is 10.8. The van der Waals surface area contributed by atoms with Crippen molar-refractivity contribution in [2.45, 2.75) is 41.0 Å². The predicted molar refractivity (Wildman–Crippen MR) is 236 cm³/mol. The molecule has 0 unspecified atom stereocenters. The maximum Gasteiger partial charge on any atom is 2.00 e. The van der Waals surface area contributed by atoms with Crippen molar-refractivity contribution in [2.24, 2.45) is 0 Å². The second-order valence-electron chi connectivity index (χ2n) is 15.1. The van der Waals surface area contributed by atoms with Gasteiger partial charge in [0.15, 0.2) is 0 Å². The van der Waals surface area contributed by atoms with Gasteiger partial charge in [-0.1, -0.05) is 132 Å². The molecule has 0 N–H and O–H groups in total. The van der Waals surface area contributed by atoms with Gasteiger partial charge in [0, 0.05) is 0 Å². The maximum atomic E-state index is 5.46. The minimum absolute atomic E-state index is 0. The first-order chi connectivity index (χ1) is 27.2. The van der Waals surface area contributed by atoms with Gasteiger partial charge >= 0.3 is 19.5 Å². The molecular weight excluding hydrogens is 746 g/mol. The molecule has 9 rings (SSSR count). The first-order valence-corrected chi connectivity index (χ1v) is 19.2. The van der Waals surface area contributed by atoms with E-state index < -0.39 is 0 Å². The Labute approximate surface area is 347 Å². The van der Waals surface area contributed by atoms with Gasteiger partial charge in [0.2, 0.25) is 0 Å². The number of aromatic nitrogens is 4. The van der Waals surface area contributed by atoms with E-state index in [4.69, 9.17) is 19.9 Å². The summed E-state index contributed by atoms with van der Waals surface area (Å²) in [5, 5.41) is 0. The van der Waals surface area contributed by atoms with Gasteiger partial charge < -0.3 is 9.97 Å². The van der Waals surface area contributed by atoms with Gasteiger partial charge in [0.1, 0.15) is 0 Å². The number of nitrogens with zero attached hydrogens (tertiary/aromatic N) is 4. The molecule has 272 valence electrons. The van der Waals surface area contributed by atoms with Crippen molar-refractivity contribution in [2.75, 3.05) is 0 Å². The molecule has 7 aromatic rings. The van der Waals surface area contributed by atoms with Crippen molar-refractivity contribution in [3.05, 3.63) is 178 Å². The fourth-order valence-corrected chi connectivity index (χ4v) is 8.22. The van der Waals surface area contributed by atoms with Gasteiger partial charge in [0.05, 0.1) is 22.8 Å². The van der Waals surface area contributed by atoms with Gasteiger partial charge in [0.25, 0.3) is 0 Å². The smallest absolute Gasteiger partial charge is 0.657 e. The number of aryl methyl sites for hydroxylation is 5. The van der Waals surface area contributed by atoms with Crippen molar-refractivity contribution in [1.29, 1.82) is 0 Å². The number of allylic oxidation sites excluding steroid dienone is 1. The molecule has 0 saturated heterocycles. The third-order valence-electron chi connectivity index (χ3n) is 10.8. The van der Waals surface area contributed by atoms with Crippen molar-refractivity contribution in [1.82, 2.24) is 19.9 Å². The minimum Gasteiger partial charge on any atom is -0.657 e. The predicted octanol–water partition coefficient (Wildman–Crippen LogP) is 12.8. The molecule has 0 radical (unpaired) electrons. The molecule has 0 fully saturated rings. The van der Waals surface area contributed by atoms with Crippen LogP contribution in [0.3, 0.4) is 0 Å². The summed E-state index contributed by atoms with van der Waals surface area (Å²) >= 11 is 0. The summed E-state index contributed by atoms with van der Waals surface area (Å²) in [5.74, 6) is 0. The Morgan fingerprint density at radius 2 is 0.789 bits per heavy atom. The second kappa shape index (κ2) is 15.4. The second-order valence-corrected chi connectivity index (χ2v) is 15.1. The molecule has 5 heterocycles. The molecule has 57 heavy (non-hydrogen) atoms. The van der Waals surface area contributed by atoms with Crippen LogP contribution in [0.1, 0.15) is 56.2 Å². The van der Waals surface area contributed by atoms with Crippen LogP contribution in [0.5, 0.6) is 0 Å². The quantitative estimate of drug-likeness (QED) is 0.124. The number of benzene rings is 4. The van der Waals surface area contributed by atoms with E-state index in [1.807, 2.05) is 6.08 Å². The molecule has 0 spiro atoms. The van der Waals surface area contributed by atoms with Gasteiger partial charge in [-0.25, -0.2) is 9.97 Å². The summed E-state index contributed by atoms with van der Waals surface area (Å²) in [6, 6.07) is 39.0. The van der Waals surface area contributed by atoms with Crippen LogP contribution < -0.4 is 9.97 Å². The average Bonchev–Trinajstić information content (AvgIpc) is 4.02. The number of hydrogen-bond donors (Lipinski definition) is 0. The van der Waals surface area contributed by atoms with Crippen molar-refractivity contribution in [3.63, 3.8) is 0 Å². The van der Waals surface area contributed by atoms with E-state index in [0.717, 1.165) is 95.8 Å². The first kappa shape index (κ1) is 37.8. The number of hydrogen-bond acceptors (Lipinski definition) is 2. The molecule has 5 heteroatoms. The minimum atomic E-state index is 0. The zero-order valence-corrected chi connectivity index (χ0v) is 36.2. The fraction of sp³-hybridized carbons (Fsp3) is 0.115. The molecule has 3 aromatic heterocycles. The van der Waals surface area contributed by atoms with Crippen LogP contribution in [0.25, 0.3) is 90.9 Å². The summed E-state index contributed by atoms with van der Waals surface area (Å²) in [7, 11) is 0. The topological polar surface area (TPSA) is 54.0 Å². The van der Waals surface area contributed by atoms with Crippen molar-refractivity contribution >= 4 is 46.4 Å². The third kappa shape index (κ3) is 7.09. The summed E-state index contributed by atoms with van der Waals surface area (Å²) in [6.45, 7) is 14.7. The largest absolute Gasteiger partial charge is 2.00 e. The molecule has 8 bridgehead atoms. The van der Waals surface area contributed by atoms with E-state index in [1.165, 1.54) is 33.4 Å². The molecule has 4 aromatic carbocycles. The Kier molecular flexibility index (Phi) is 10.2. The van der Waals surface area contributed by atoms with E-state index in [1.54, 1.807) is 0 Å². The molecule has 2 aliphatic rings. The Balaban J connectivity index is 0.00000455. The van der Waals surface area contributed by atoms with Gasteiger partial charge in [-0.3, -0.25) is 0 Å². The van der Waals surface area contributed by atoms with E-state index in [2.05, 4.69) is 175 Å². The molecule has 0 aliphatic carbocycles. The van der Waals surface area contributed by atoms with Gasteiger partial charge in [-0.2, -0.15) is 0 Å². The normalized spacial score (nSPS) is 11.8. The maximum absolute atomic E-state index is 5.46. The van der Waals surface area contributed by atoms with Crippen LogP contribution in [0, 0.1) is 34.6 Å². The first-order valence-electron chi connectivity index (χ1n) is 19.2.